The van der Waals surface area contributed by atoms with E-state index in [1.807, 2.05) is 52.8 Å². The van der Waals surface area contributed by atoms with Crippen molar-refractivity contribution in [3.05, 3.63) is 29.3 Å². The molecule has 0 amide bonds. The van der Waals surface area contributed by atoms with Crippen LogP contribution in [-0.2, 0) is 6.54 Å². The Balaban J connectivity index is 0. The highest BCUT2D eigenvalue weighted by Crippen LogP contribution is 2.11. The average molecular weight is 196 g/mol. The summed E-state index contributed by atoms with van der Waals surface area (Å²) in [5.74, 6) is 0. The molecule has 0 saturated carbocycles. The number of rotatable bonds is 1. The highest BCUT2D eigenvalue weighted by Gasteiger charge is 1.94. The molecule has 0 aliphatic rings. The zero-order valence-corrected chi connectivity index (χ0v) is 10.1. The van der Waals surface area contributed by atoms with Crippen LogP contribution in [0, 0.1) is 6.92 Å². The Morgan fingerprint density at radius 3 is 1.93 bits per heavy atom. The highest BCUT2D eigenvalue weighted by atomic mass is 14.6. The molecule has 82 valence electrons. The van der Waals surface area contributed by atoms with E-state index in [-0.39, 0.29) is 0 Å². The fraction of sp³-hybridized carbons (Fsp3) is 0.500. The van der Waals surface area contributed by atoms with Gasteiger partial charge in [-0.3, -0.25) is 0 Å². The van der Waals surface area contributed by atoms with Gasteiger partial charge >= 0.3 is 0 Å². The van der Waals surface area contributed by atoms with Crippen molar-refractivity contribution in [3.8, 4) is 0 Å². The molecule has 0 atom stereocenters. The van der Waals surface area contributed by atoms with Crippen molar-refractivity contribution in [1.82, 2.24) is 0 Å². The molecule has 2 heteroatoms. The number of benzene rings is 1. The molecule has 2 nitrogen and oxygen atoms in total. The first kappa shape index (κ1) is 15.5. The predicted octanol–water partition coefficient (Wildman–Crippen LogP) is 3.09. The topological polar surface area (TPSA) is 52.0 Å². The van der Waals surface area contributed by atoms with Crippen molar-refractivity contribution in [3.63, 3.8) is 0 Å². The van der Waals surface area contributed by atoms with E-state index in [9.17, 15) is 0 Å². The molecule has 1 aromatic rings. The lowest BCUT2D eigenvalue weighted by Gasteiger charge is -2.02. The second kappa shape index (κ2) is 10.1. The number of hydrogen-bond donors (Lipinski definition) is 2. The third kappa shape index (κ3) is 5.60. The van der Waals surface area contributed by atoms with Crippen molar-refractivity contribution >= 4 is 5.69 Å². The Morgan fingerprint density at radius 1 is 1.07 bits per heavy atom. The fourth-order valence-corrected chi connectivity index (χ4v) is 0.911. The minimum absolute atomic E-state index is 0.521. The van der Waals surface area contributed by atoms with Crippen LogP contribution < -0.4 is 11.5 Å². The Hall–Kier alpha value is -1.02. The Bertz CT molecular complexity index is 232. The molecule has 0 radical (unpaired) electrons. The monoisotopic (exact) mass is 196 g/mol. The zero-order chi connectivity index (χ0) is 11.6. The molecule has 0 fully saturated rings. The molecule has 1 rings (SSSR count). The highest BCUT2D eigenvalue weighted by molar-refractivity contribution is 5.48. The Labute approximate surface area is 88.3 Å². The van der Waals surface area contributed by atoms with Gasteiger partial charge in [0.05, 0.1) is 0 Å². The van der Waals surface area contributed by atoms with Crippen molar-refractivity contribution in [2.75, 3.05) is 5.73 Å². The van der Waals surface area contributed by atoms with Gasteiger partial charge in [-0.15, -0.1) is 0 Å². The Kier molecular flexibility index (Phi) is 11.1. The standard InChI is InChI=1S/C8H12N2.2C2H6/c1-6-2-3-8(10)7(4-6)5-9;2*1-2/h2-4H,5,9-10H2,1H3;2*1-2H3. The van der Waals surface area contributed by atoms with Crippen LogP contribution in [0.5, 0.6) is 0 Å². The fourth-order valence-electron chi connectivity index (χ4n) is 0.911. The molecule has 0 bridgehead atoms. The minimum atomic E-state index is 0.521. The average Bonchev–Trinajstić information content (AvgIpc) is 2.27. The second-order valence-electron chi connectivity index (χ2n) is 2.41. The van der Waals surface area contributed by atoms with Crippen LogP contribution in [0.3, 0.4) is 0 Å². The molecule has 0 aliphatic carbocycles. The Morgan fingerprint density at radius 2 is 1.57 bits per heavy atom. The lowest BCUT2D eigenvalue weighted by molar-refractivity contribution is 1.07. The van der Waals surface area contributed by atoms with E-state index in [1.54, 1.807) is 0 Å². The molecule has 14 heavy (non-hydrogen) atoms. The van der Waals surface area contributed by atoms with Crippen molar-refractivity contribution < 1.29 is 0 Å². The maximum absolute atomic E-state index is 5.62. The van der Waals surface area contributed by atoms with Crippen molar-refractivity contribution in [2.45, 2.75) is 41.2 Å². The van der Waals surface area contributed by atoms with Gasteiger partial charge in [-0.25, -0.2) is 0 Å². The van der Waals surface area contributed by atoms with Gasteiger partial charge in [0.1, 0.15) is 0 Å². The summed E-state index contributed by atoms with van der Waals surface area (Å²) in [5, 5.41) is 0. The summed E-state index contributed by atoms with van der Waals surface area (Å²) in [5.41, 5.74) is 14.1. The molecular weight excluding hydrogens is 172 g/mol. The van der Waals surface area contributed by atoms with Gasteiger partial charge < -0.3 is 11.5 Å². The van der Waals surface area contributed by atoms with Gasteiger partial charge in [0.25, 0.3) is 0 Å². The summed E-state index contributed by atoms with van der Waals surface area (Å²) in [6.07, 6.45) is 0. The second-order valence-corrected chi connectivity index (χ2v) is 2.41. The minimum Gasteiger partial charge on any atom is -0.398 e. The maximum Gasteiger partial charge on any atom is 0.0359 e. The number of anilines is 1. The van der Waals surface area contributed by atoms with Gasteiger partial charge in [-0.05, 0) is 18.6 Å². The maximum atomic E-state index is 5.62. The summed E-state index contributed by atoms with van der Waals surface area (Å²) in [6.45, 7) is 10.5. The summed E-state index contributed by atoms with van der Waals surface area (Å²) in [6, 6.07) is 5.88. The van der Waals surface area contributed by atoms with E-state index in [2.05, 4.69) is 0 Å². The number of hydrogen-bond acceptors (Lipinski definition) is 2. The summed E-state index contributed by atoms with van der Waals surface area (Å²) in [4.78, 5) is 0. The first-order chi connectivity index (χ1) is 6.74. The van der Waals surface area contributed by atoms with E-state index in [4.69, 9.17) is 11.5 Å². The molecule has 4 N–H and O–H groups in total. The van der Waals surface area contributed by atoms with Gasteiger partial charge in [-0.2, -0.15) is 0 Å². The lowest BCUT2D eigenvalue weighted by Crippen LogP contribution is -2.01. The van der Waals surface area contributed by atoms with Crippen molar-refractivity contribution in [1.29, 1.82) is 0 Å². The normalized spacial score (nSPS) is 7.86. The zero-order valence-electron chi connectivity index (χ0n) is 10.1. The van der Waals surface area contributed by atoms with Crippen LogP contribution in [0.25, 0.3) is 0 Å². The SMILES string of the molecule is CC.CC.Cc1ccc(N)c(CN)c1. The van der Waals surface area contributed by atoms with Crippen LogP contribution in [0.2, 0.25) is 0 Å². The van der Waals surface area contributed by atoms with Crippen LogP contribution in [0.1, 0.15) is 38.8 Å². The van der Waals surface area contributed by atoms with E-state index in [0.29, 0.717) is 6.54 Å². The molecule has 0 aromatic heterocycles. The first-order valence-electron chi connectivity index (χ1n) is 5.29. The van der Waals surface area contributed by atoms with Crippen LogP contribution in [-0.4, -0.2) is 0 Å². The number of nitrogens with two attached hydrogens (primary N) is 2. The van der Waals surface area contributed by atoms with Crippen molar-refractivity contribution in [2.24, 2.45) is 5.73 Å². The van der Waals surface area contributed by atoms with Crippen LogP contribution in [0.15, 0.2) is 18.2 Å². The third-order valence-electron chi connectivity index (χ3n) is 1.52. The molecule has 0 heterocycles. The van der Waals surface area contributed by atoms with Gasteiger partial charge in [0, 0.05) is 12.2 Å². The quantitative estimate of drug-likeness (QED) is 0.678. The largest absolute Gasteiger partial charge is 0.398 e. The summed E-state index contributed by atoms with van der Waals surface area (Å²) in [7, 11) is 0. The first-order valence-corrected chi connectivity index (χ1v) is 5.29. The molecule has 0 aliphatic heterocycles. The summed E-state index contributed by atoms with van der Waals surface area (Å²) >= 11 is 0. The third-order valence-corrected chi connectivity index (χ3v) is 1.52. The molecular formula is C12H24N2. The van der Waals surface area contributed by atoms with Gasteiger partial charge in [-0.1, -0.05) is 45.4 Å². The van der Waals surface area contributed by atoms with Gasteiger partial charge in [0.15, 0.2) is 0 Å². The van der Waals surface area contributed by atoms with Gasteiger partial charge in [0.2, 0.25) is 0 Å². The molecule has 0 unspecified atom stereocenters. The number of aryl methyl sites for hydroxylation is 1. The smallest absolute Gasteiger partial charge is 0.0359 e. The van der Waals surface area contributed by atoms with E-state index in [0.717, 1.165) is 11.3 Å². The lowest BCUT2D eigenvalue weighted by atomic mass is 10.1. The molecule has 0 spiro atoms. The molecule has 1 aromatic carbocycles. The summed E-state index contributed by atoms with van der Waals surface area (Å²) < 4.78 is 0. The van der Waals surface area contributed by atoms with E-state index in [1.165, 1.54) is 5.56 Å². The van der Waals surface area contributed by atoms with Crippen LogP contribution in [0.4, 0.5) is 5.69 Å². The van der Waals surface area contributed by atoms with Crippen LogP contribution >= 0.6 is 0 Å². The predicted molar refractivity (Wildman–Crippen MR) is 66.2 cm³/mol. The number of nitrogen functional groups attached to an aromatic ring is 1. The molecule has 0 saturated heterocycles. The van der Waals surface area contributed by atoms with E-state index >= 15 is 0 Å². The van der Waals surface area contributed by atoms with E-state index < -0.39 is 0 Å².